The number of hydrogen-bond acceptors (Lipinski definition) is 6. The minimum atomic E-state index is -0.657. The molecule has 0 unspecified atom stereocenters. The van der Waals surface area contributed by atoms with Crippen LogP contribution in [0, 0.1) is 0 Å². The monoisotopic (exact) mass is 196 g/mol. The maximum Gasteiger partial charge on any atom is 0.507 e. The van der Waals surface area contributed by atoms with Crippen molar-refractivity contribution < 1.29 is 29.2 Å². The highest BCUT2D eigenvalue weighted by molar-refractivity contribution is 5.59. The molecule has 13 heavy (non-hydrogen) atoms. The Morgan fingerprint density at radius 2 is 1.46 bits per heavy atom. The molecule has 0 aromatic carbocycles. The molecule has 0 amide bonds. The van der Waals surface area contributed by atoms with E-state index in [4.69, 9.17) is 10.2 Å². The molecule has 0 bridgehead atoms. The Balaban J connectivity index is 0. The van der Waals surface area contributed by atoms with E-state index in [2.05, 4.69) is 14.2 Å². The highest BCUT2D eigenvalue weighted by Crippen LogP contribution is 1.72. The molecule has 6 heteroatoms. The quantitative estimate of drug-likeness (QED) is 0.460. The summed E-state index contributed by atoms with van der Waals surface area (Å²) in [7, 11) is 2.51. The lowest BCUT2D eigenvalue weighted by Gasteiger charge is -1.94. The second kappa shape index (κ2) is 13.7. The SMILES string of the molecule is COC(=O)OC.OCCOCCO. The van der Waals surface area contributed by atoms with Gasteiger partial charge >= 0.3 is 6.16 Å². The first-order valence-electron chi connectivity index (χ1n) is 3.64. The first-order chi connectivity index (χ1) is 6.22. The largest absolute Gasteiger partial charge is 0.507 e. The molecule has 0 rings (SSSR count). The van der Waals surface area contributed by atoms with Crippen LogP contribution in [0.5, 0.6) is 0 Å². The molecule has 0 saturated heterocycles. The van der Waals surface area contributed by atoms with Crippen molar-refractivity contribution in [3.63, 3.8) is 0 Å². The van der Waals surface area contributed by atoms with Gasteiger partial charge in [-0.1, -0.05) is 0 Å². The summed E-state index contributed by atoms with van der Waals surface area (Å²) in [5.74, 6) is 0. The maximum absolute atomic E-state index is 9.74. The summed E-state index contributed by atoms with van der Waals surface area (Å²) in [4.78, 5) is 9.74. The highest BCUT2D eigenvalue weighted by Gasteiger charge is 1.88. The number of aliphatic hydroxyl groups is 2. The van der Waals surface area contributed by atoms with Gasteiger partial charge in [-0.2, -0.15) is 0 Å². The van der Waals surface area contributed by atoms with Gasteiger partial charge in [0.2, 0.25) is 0 Å². The number of methoxy groups -OCH3 is 2. The average molecular weight is 196 g/mol. The van der Waals surface area contributed by atoms with Crippen LogP contribution in [0.3, 0.4) is 0 Å². The normalized spacial score (nSPS) is 8.31. The molecule has 0 aromatic heterocycles. The van der Waals surface area contributed by atoms with Crippen molar-refractivity contribution >= 4 is 6.16 Å². The minimum absolute atomic E-state index is 0.0278. The molecule has 0 aromatic rings. The molecule has 0 fully saturated rings. The van der Waals surface area contributed by atoms with Crippen molar-refractivity contribution in [1.82, 2.24) is 0 Å². The molecule has 0 aliphatic heterocycles. The second-order valence-electron chi connectivity index (χ2n) is 1.72. The molecular formula is C7H16O6. The second-order valence-corrected chi connectivity index (χ2v) is 1.72. The Morgan fingerprint density at radius 1 is 1.08 bits per heavy atom. The summed E-state index contributed by atoms with van der Waals surface area (Å²) in [6, 6.07) is 0. The predicted octanol–water partition coefficient (Wildman–Crippen LogP) is -0.613. The van der Waals surface area contributed by atoms with E-state index in [1.54, 1.807) is 0 Å². The van der Waals surface area contributed by atoms with Crippen LogP contribution in [0.25, 0.3) is 0 Å². The maximum atomic E-state index is 9.74. The fraction of sp³-hybridized carbons (Fsp3) is 0.857. The van der Waals surface area contributed by atoms with E-state index in [9.17, 15) is 4.79 Å². The number of hydrogen-bond donors (Lipinski definition) is 2. The van der Waals surface area contributed by atoms with Crippen LogP contribution in [0.2, 0.25) is 0 Å². The molecule has 6 nitrogen and oxygen atoms in total. The topological polar surface area (TPSA) is 85.2 Å². The third-order valence-corrected chi connectivity index (χ3v) is 0.805. The predicted molar refractivity (Wildman–Crippen MR) is 44.4 cm³/mol. The van der Waals surface area contributed by atoms with Crippen LogP contribution < -0.4 is 0 Å². The molecule has 2 N–H and O–H groups in total. The third-order valence-electron chi connectivity index (χ3n) is 0.805. The van der Waals surface area contributed by atoms with E-state index >= 15 is 0 Å². The van der Waals surface area contributed by atoms with Gasteiger partial charge in [-0.25, -0.2) is 4.79 Å². The summed E-state index contributed by atoms with van der Waals surface area (Å²) in [5.41, 5.74) is 0. The summed E-state index contributed by atoms with van der Waals surface area (Å²) < 4.78 is 12.7. The molecular weight excluding hydrogens is 180 g/mol. The summed E-state index contributed by atoms with van der Waals surface area (Å²) >= 11 is 0. The number of rotatable bonds is 4. The molecule has 0 atom stereocenters. The third kappa shape index (κ3) is 18.3. The van der Waals surface area contributed by atoms with Gasteiger partial charge in [-0.15, -0.1) is 0 Å². The van der Waals surface area contributed by atoms with Crippen molar-refractivity contribution in [2.45, 2.75) is 0 Å². The number of aliphatic hydroxyl groups excluding tert-OH is 2. The van der Waals surface area contributed by atoms with Crippen molar-refractivity contribution in [2.24, 2.45) is 0 Å². The zero-order valence-corrected chi connectivity index (χ0v) is 7.86. The van der Waals surface area contributed by atoms with Crippen molar-refractivity contribution in [3.05, 3.63) is 0 Å². The van der Waals surface area contributed by atoms with Gasteiger partial charge in [0.15, 0.2) is 0 Å². The van der Waals surface area contributed by atoms with E-state index in [0.29, 0.717) is 13.2 Å². The lowest BCUT2D eigenvalue weighted by molar-refractivity contribution is 0.0650. The fourth-order valence-corrected chi connectivity index (χ4v) is 0.314. The molecule has 0 heterocycles. The fourth-order valence-electron chi connectivity index (χ4n) is 0.314. The number of carbonyl (C=O) groups is 1. The first kappa shape index (κ1) is 14.7. The average Bonchev–Trinajstić information content (AvgIpc) is 2.18. The molecule has 80 valence electrons. The van der Waals surface area contributed by atoms with Crippen LogP contribution in [0.15, 0.2) is 0 Å². The zero-order chi connectivity index (χ0) is 10.5. The van der Waals surface area contributed by atoms with Gasteiger partial charge < -0.3 is 24.4 Å². The molecule has 0 aliphatic carbocycles. The van der Waals surface area contributed by atoms with Gasteiger partial charge in [-0.3, -0.25) is 0 Å². The minimum Gasteiger partial charge on any atom is -0.438 e. The molecule has 0 saturated carbocycles. The van der Waals surface area contributed by atoms with E-state index in [1.807, 2.05) is 0 Å². The van der Waals surface area contributed by atoms with E-state index in [0.717, 1.165) is 0 Å². The molecule has 0 radical (unpaired) electrons. The Hall–Kier alpha value is -0.850. The standard InChI is InChI=1S/C4H10O3.C3H6O3/c5-1-3-7-4-2-6;1-5-3(4)6-2/h5-6H,1-4H2;1-2H3. The van der Waals surface area contributed by atoms with Gasteiger partial charge in [0, 0.05) is 0 Å². The van der Waals surface area contributed by atoms with Crippen LogP contribution in [-0.4, -0.2) is 57.0 Å². The highest BCUT2D eigenvalue weighted by atomic mass is 16.7. The van der Waals surface area contributed by atoms with Crippen LogP contribution in [-0.2, 0) is 14.2 Å². The Bertz CT molecular complexity index is 95.2. The lowest BCUT2D eigenvalue weighted by Crippen LogP contribution is -2.03. The Labute approximate surface area is 77.0 Å². The van der Waals surface area contributed by atoms with Gasteiger partial charge in [-0.05, 0) is 0 Å². The Kier molecular flexibility index (Phi) is 15.5. The summed E-state index contributed by atoms with van der Waals surface area (Å²) in [5, 5.41) is 16.2. The number of ether oxygens (including phenoxy) is 3. The smallest absolute Gasteiger partial charge is 0.438 e. The van der Waals surface area contributed by atoms with Crippen LogP contribution in [0.4, 0.5) is 4.79 Å². The first-order valence-corrected chi connectivity index (χ1v) is 3.64. The van der Waals surface area contributed by atoms with Crippen LogP contribution in [0.1, 0.15) is 0 Å². The van der Waals surface area contributed by atoms with E-state index in [-0.39, 0.29) is 13.2 Å². The van der Waals surface area contributed by atoms with Crippen molar-refractivity contribution in [3.8, 4) is 0 Å². The van der Waals surface area contributed by atoms with Crippen LogP contribution >= 0.6 is 0 Å². The zero-order valence-electron chi connectivity index (χ0n) is 7.86. The van der Waals surface area contributed by atoms with Crippen molar-refractivity contribution in [2.75, 3.05) is 40.6 Å². The van der Waals surface area contributed by atoms with Crippen molar-refractivity contribution in [1.29, 1.82) is 0 Å². The van der Waals surface area contributed by atoms with Gasteiger partial charge in [0.1, 0.15) is 0 Å². The molecule has 0 aliphatic rings. The van der Waals surface area contributed by atoms with Gasteiger partial charge in [0.05, 0.1) is 40.6 Å². The molecule has 0 spiro atoms. The van der Waals surface area contributed by atoms with E-state index < -0.39 is 6.16 Å². The lowest BCUT2D eigenvalue weighted by atomic mass is 10.7. The van der Waals surface area contributed by atoms with Gasteiger partial charge in [0.25, 0.3) is 0 Å². The Morgan fingerprint density at radius 3 is 1.62 bits per heavy atom. The van der Waals surface area contributed by atoms with E-state index in [1.165, 1.54) is 14.2 Å². The summed E-state index contributed by atoms with van der Waals surface area (Å²) in [6.45, 7) is 0.696. The summed E-state index contributed by atoms with van der Waals surface area (Å²) in [6.07, 6.45) is -0.657. The number of carbonyl (C=O) groups excluding carboxylic acids is 1.